The molecule has 0 unspecified atom stereocenters. The first-order valence-electron chi connectivity index (χ1n) is 3.30. The van der Waals surface area contributed by atoms with E-state index < -0.39 is 0 Å². The lowest BCUT2D eigenvalue weighted by Crippen LogP contribution is -2.12. The molecule has 4 heteroatoms. The van der Waals surface area contributed by atoms with Crippen molar-refractivity contribution in [2.24, 2.45) is 0 Å². The summed E-state index contributed by atoms with van der Waals surface area (Å²) in [5.74, 6) is 0.385. The standard InChI is InChI=1S/C7H12N4/c1-11(2)5-3-4-10-7(9)6(5)8/h3-4H,8H2,1-2H3,(H2,9,10). The molecule has 4 nitrogen and oxygen atoms in total. The van der Waals surface area contributed by atoms with E-state index in [2.05, 4.69) is 4.98 Å². The fourth-order valence-corrected chi connectivity index (χ4v) is 0.869. The van der Waals surface area contributed by atoms with Crippen LogP contribution in [0.3, 0.4) is 0 Å². The van der Waals surface area contributed by atoms with Gasteiger partial charge >= 0.3 is 0 Å². The van der Waals surface area contributed by atoms with Crippen LogP contribution in [0, 0.1) is 0 Å². The molecule has 4 N–H and O–H groups in total. The molecule has 0 saturated carbocycles. The van der Waals surface area contributed by atoms with Crippen LogP contribution in [-0.4, -0.2) is 19.1 Å². The number of anilines is 3. The highest BCUT2D eigenvalue weighted by atomic mass is 15.1. The number of nitrogen functional groups attached to an aromatic ring is 2. The average Bonchev–Trinajstić information content (AvgIpc) is 1.94. The van der Waals surface area contributed by atoms with Crippen LogP contribution < -0.4 is 16.4 Å². The maximum atomic E-state index is 5.65. The lowest BCUT2D eigenvalue weighted by atomic mass is 10.3. The molecule has 0 saturated heterocycles. The third kappa shape index (κ3) is 1.34. The molecule has 11 heavy (non-hydrogen) atoms. The summed E-state index contributed by atoms with van der Waals surface area (Å²) in [6.07, 6.45) is 1.64. The van der Waals surface area contributed by atoms with Gasteiger partial charge < -0.3 is 16.4 Å². The second-order valence-corrected chi connectivity index (χ2v) is 2.52. The molecular weight excluding hydrogens is 140 g/mol. The van der Waals surface area contributed by atoms with Gasteiger partial charge in [0.15, 0.2) is 0 Å². The van der Waals surface area contributed by atoms with Crippen molar-refractivity contribution in [1.82, 2.24) is 4.98 Å². The summed E-state index contributed by atoms with van der Waals surface area (Å²) >= 11 is 0. The van der Waals surface area contributed by atoms with E-state index in [1.165, 1.54) is 0 Å². The van der Waals surface area contributed by atoms with Gasteiger partial charge in [-0.2, -0.15) is 0 Å². The van der Waals surface area contributed by atoms with E-state index in [0.717, 1.165) is 5.69 Å². The van der Waals surface area contributed by atoms with Crippen molar-refractivity contribution in [3.63, 3.8) is 0 Å². The van der Waals surface area contributed by atoms with Crippen LogP contribution in [0.4, 0.5) is 17.2 Å². The summed E-state index contributed by atoms with van der Waals surface area (Å²) in [6.45, 7) is 0. The summed E-state index contributed by atoms with van der Waals surface area (Å²) in [4.78, 5) is 5.74. The van der Waals surface area contributed by atoms with Crippen LogP contribution in [0.2, 0.25) is 0 Å². The van der Waals surface area contributed by atoms with Gasteiger partial charge in [-0.25, -0.2) is 4.98 Å². The molecule has 60 valence electrons. The fraction of sp³-hybridized carbons (Fsp3) is 0.286. The van der Waals surface area contributed by atoms with Crippen LogP contribution >= 0.6 is 0 Å². The van der Waals surface area contributed by atoms with Gasteiger partial charge in [0.25, 0.3) is 0 Å². The van der Waals surface area contributed by atoms with Gasteiger partial charge in [0, 0.05) is 20.3 Å². The Hall–Kier alpha value is -1.45. The van der Waals surface area contributed by atoms with E-state index in [-0.39, 0.29) is 0 Å². The molecule has 0 aliphatic carbocycles. The Morgan fingerprint density at radius 2 is 2.00 bits per heavy atom. The number of hydrogen-bond donors (Lipinski definition) is 2. The Morgan fingerprint density at radius 1 is 1.36 bits per heavy atom. The van der Waals surface area contributed by atoms with Crippen LogP contribution in [0.25, 0.3) is 0 Å². The number of hydrogen-bond acceptors (Lipinski definition) is 4. The van der Waals surface area contributed by atoms with Crippen LogP contribution in [0.5, 0.6) is 0 Å². The third-order valence-corrected chi connectivity index (χ3v) is 1.48. The largest absolute Gasteiger partial charge is 0.394 e. The predicted octanol–water partition coefficient (Wildman–Crippen LogP) is 0.312. The van der Waals surface area contributed by atoms with E-state index in [1.807, 2.05) is 25.1 Å². The first kappa shape index (κ1) is 7.65. The van der Waals surface area contributed by atoms with Crippen molar-refractivity contribution in [1.29, 1.82) is 0 Å². The quantitative estimate of drug-likeness (QED) is 0.607. The molecule has 1 rings (SSSR count). The van der Waals surface area contributed by atoms with Crippen LogP contribution in [-0.2, 0) is 0 Å². The van der Waals surface area contributed by atoms with Gasteiger partial charge in [0.05, 0.1) is 11.4 Å². The highest BCUT2D eigenvalue weighted by Crippen LogP contribution is 2.23. The molecule has 1 aromatic heterocycles. The van der Waals surface area contributed by atoms with Crippen molar-refractivity contribution in [3.8, 4) is 0 Å². The Balaban J connectivity index is 3.17. The second-order valence-electron chi connectivity index (χ2n) is 2.52. The average molecular weight is 152 g/mol. The minimum absolute atomic E-state index is 0.385. The highest BCUT2D eigenvalue weighted by molar-refractivity contribution is 5.76. The zero-order valence-corrected chi connectivity index (χ0v) is 6.70. The first-order chi connectivity index (χ1) is 5.13. The zero-order chi connectivity index (χ0) is 8.43. The van der Waals surface area contributed by atoms with E-state index in [9.17, 15) is 0 Å². The molecule has 0 aliphatic heterocycles. The Kier molecular flexibility index (Phi) is 1.85. The smallest absolute Gasteiger partial charge is 0.148 e. The zero-order valence-electron chi connectivity index (χ0n) is 6.70. The van der Waals surface area contributed by atoms with Gasteiger partial charge in [-0.1, -0.05) is 0 Å². The van der Waals surface area contributed by atoms with Gasteiger partial charge in [-0.05, 0) is 6.07 Å². The van der Waals surface area contributed by atoms with Crippen LogP contribution in [0.15, 0.2) is 12.3 Å². The first-order valence-corrected chi connectivity index (χ1v) is 3.30. The molecule has 0 spiro atoms. The van der Waals surface area contributed by atoms with Crippen LogP contribution in [0.1, 0.15) is 0 Å². The summed E-state index contributed by atoms with van der Waals surface area (Å²) in [5.41, 5.74) is 12.6. The molecule has 0 amide bonds. The number of nitrogens with zero attached hydrogens (tertiary/aromatic N) is 2. The maximum Gasteiger partial charge on any atom is 0.148 e. The van der Waals surface area contributed by atoms with Crippen molar-refractivity contribution in [2.75, 3.05) is 30.5 Å². The van der Waals surface area contributed by atoms with Crippen molar-refractivity contribution in [2.45, 2.75) is 0 Å². The fourth-order valence-electron chi connectivity index (χ4n) is 0.869. The number of aromatic nitrogens is 1. The molecule has 1 heterocycles. The lowest BCUT2D eigenvalue weighted by molar-refractivity contribution is 1.12. The van der Waals surface area contributed by atoms with Gasteiger partial charge in [-0.3, -0.25) is 0 Å². The number of rotatable bonds is 1. The summed E-state index contributed by atoms with van der Waals surface area (Å²) in [7, 11) is 3.82. The Labute approximate surface area is 65.8 Å². The Morgan fingerprint density at radius 3 is 2.45 bits per heavy atom. The topological polar surface area (TPSA) is 68.2 Å². The maximum absolute atomic E-state index is 5.65. The van der Waals surface area contributed by atoms with Gasteiger partial charge in [0.2, 0.25) is 0 Å². The van der Waals surface area contributed by atoms with Crippen molar-refractivity contribution in [3.05, 3.63) is 12.3 Å². The molecule has 0 radical (unpaired) electrons. The Bertz CT molecular complexity index is 257. The summed E-state index contributed by atoms with van der Waals surface area (Å²) < 4.78 is 0. The SMILES string of the molecule is CN(C)c1ccnc(N)c1N. The normalized spacial score (nSPS) is 9.64. The van der Waals surface area contributed by atoms with E-state index in [1.54, 1.807) is 6.20 Å². The van der Waals surface area contributed by atoms with E-state index in [0.29, 0.717) is 11.5 Å². The molecule has 0 aromatic carbocycles. The second kappa shape index (κ2) is 2.65. The molecule has 0 aliphatic rings. The van der Waals surface area contributed by atoms with E-state index >= 15 is 0 Å². The number of nitrogens with two attached hydrogens (primary N) is 2. The summed E-state index contributed by atoms with van der Waals surface area (Å²) in [5, 5.41) is 0. The van der Waals surface area contributed by atoms with Crippen molar-refractivity contribution >= 4 is 17.2 Å². The minimum atomic E-state index is 0.385. The highest BCUT2D eigenvalue weighted by Gasteiger charge is 2.03. The molecule has 0 atom stereocenters. The lowest BCUT2D eigenvalue weighted by Gasteiger charge is -2.15. The minimum Gasteiger partial charge on any atom is -0.394 e. The molecule has 0 bridgehead atoms. The monoisotopic (exact) mass is 152 g/mol. The van der Waals surface area contributed by atoms with Crippen molar-refractivity contribution < 1.29 is 0 Å². The third-order valence-electron chi connectivity index (χ3n) is 1.48. The van der Waals surface area contributed by atoms with Gasteiger partial charge in [-0.15, -0.1) is 0 Å². The molecule has 0 fully saturated rings. The molecule has 1 aromatic rings. The molecular formula is C7H12N4. The number of pyridine rings is 1. The summed E-state index contributed by atoms with van der Waals surface area (Å²) in [6, 6.07) is 1.83. The predicted molar refractivity (Wildman–Crippen MR) is 47.4 cm³/mol. The van der Waals surface area contributed by atoms with E-state index in [4.69, 9.17) is 11.5 Å². The van der Waals surface area contributed by atoms with Gasteiger partial charge in [0.1, 0.15) is 5.82 Å².